The number of hydrogen-bond acceptors (Lipinski definition) is 2. The van der Waals surface area contributed by atoms with E-state index in [1.165, 1.54) is 0 Å². The number of thiocarbonyl (C=S) groups is 1. The third kappa shape index (κ3) is 3.81. The molecule has 1 heterocycles. The molecule has 2 aromatic rings. The molecular weight excluding hydrogens is 410 g/mol. The van der Waals surface area contributed by atoms with E-state index in [0.29, 0.717) is 10.7 Å². The van der Waals surface area contributed by atoms with E-state index in [4.69, 9.17) is 12.2 Å². The largest absolute Gasteiger partial charge is 0.351 e. The third-order valence-corrected chi connectivity index (χ3v) is 5.26. The fraction of sp³-hybridized carbons (Fsp3) is 0.200. The summed E-state index contributed by atoms with van der Waals surface area (Å²) in [6, 6.07) is 13.4. The molecule has 1 atom stereocenters. The van der Waals surface area contributed by atoms with Crippen LogP contribution in [-0.2, 0) is 4.79 Å². The highest BCUT2D eigenvalue weighted by molar-refractivity contribution is 9.10. The molecule has 134 valence electrons. The molecule has 0 fully saturated rings. The molecule has 1 amide bonds. The first-order chi connectivity index (χ1) is 12.4. The van der Waals surface area contributed by atoms with Crippen LogP contribution in [0.15, 0.2) is 58.2 Å². The maximum atomic E-state index is 13.1. The van der Waals surface area contributed by atoms with Gasteiger partial charge in [0.15, 0.2) is 5.11 Å². The molecule has 3 rings (SSSR count). The average molecular weight is 430 g/mol. The minimum Gasteiger partial charge on any atom is -0.351 e. The number of allylic oxidation sites excluding steroid dienone is 1. The second-order valence-electron chi connectivity index (χ2n) is 6.33. The number of carbonyl (C=O) groups is 1. The maximum Gasteiger partial charge on any atom is 0.255 e. The highest BCUT2D eigenvalue weighted by Gasteiger charge is 2.30. The number of halogens is 1. The first-order valence-electron chi connectivity index (χ1n) is 8.28. The van der Waals surface area contributed by atoms with Gasteiger partial charge in [0.25, 0.3) is 5.91 Å². The summed E-state index contributed by atoms with van der Waals surface area (Å²) >= 11 is 8.79. The molecule has 6 heteroatoms. The van der Waals surface area contributed by atoms with E-state index in [0.717, 1.165) is 32.5 Å². The Morgan fingerprint density at radius 2 is 1.88 bits per heavy atom. The zero-order valence-corrected chi connectivity index (χ0v) is 17.2. The van der Waals surface area contributed by atoms with E-state index < -0.39 is 0 Å². The Bertz CT molecular complexity index is 923. The smallest absolute Gasteiger partial charge is 0.255 e. The van der Waals surface area contributed by atoms with Gasteiger partial charge in [-0.05, 0) is 67.9 Å². The van der Waals surface area contributed by atoms with Crippen LogP contribution in [-0.4, -0.2) is 11.0 Å². The second-order valence-corrected chi connectivity index (χ2v) is 7.65. The van der Waals surface area contributed by atoms with E-state index in [9.17, 15) is 4.79 Å². The normalized spacial score (nSPS) is 16.8. The van der Waals surface area contributed by atoms with Crippen molar-refractivity contribution >= 4 is 44.9 Å². The van der Waals surface area contributed by atoms with Crippen molar-refractivity contribution < 1.29 is 4.79 Å². The summed E-state index contributed by atoms with van der Waals surface area (Å²) in [5.74, 6) is -0.149. The molecule has 0 unspecified atom stereocenters. The highest BCUT2D eigenvalue weighted by atomic mass is 79.9. The lowest BCUT2D eigenvalue weighted by Crippen LogP contribution is -2.45. The van der Waals surface area contributed by atoms with Gasteiger partial charge in [0.2, 0.25) is 0 Å². The van der Waals surface area contributed by atoms with E-state index >= 15 is 0 Å². The van der Waals surface area contributed by atoms with Crippen LogP contribution in [0.4, 0.5) is 5.69 Å². The van der Waals surface area contributed by atoms with Crippen molar-refractivity contribution in [1.29, 1.82) is 0 Å². The summed E-state index contributed by atoms with van der Waals surface area (Å²) in [5.41, 5.74) is 5.35. The van der Waals surface area contributed by atoms with Gasteiger partial charge in [-0.1, -0.05) is 40.2 Å². The summed E-state index contributed by atoms with van der Waals surface area (Å²) in [6.07, 6.45) is 0. The van der Waals surface area contributed by atoms with Crippen molar-refractivity contribution in [1.82, 2.24) is 10.6 Å². The van der Waals surface area contributed by atoms with Crippen LogP contribution >= 0.6 is 28.1 Å². The Labute approximate surface area is 167 Å². The lowest BCUT2D eigenvalue weighted by molar-refractivity contribution is -0.113. The topological polar surface area (TPSA) is 53.2 Å². The van der Waals surface area contributed by atoms with Crippen LogP contribution < -0.4 is 16.0 Å². The Kier molecular flexibility index (Phi) is 5.44. The van der Waals surface area contributed by atoms with Crippen LogP contribution in [0.1, 0.15) is 29.7 Å². The van der Waals surface area contributed by atoms with Crippen molar-refractivity contribution in [3.05, 3.63) is 74.9 Å². The van der Waals surface area contributed by atoms with E-state index in [1.807, 2.05) is 63.2 Å². The number of amides is 1. The SMILES string of the molecule is CC1=C(C(=O)Nc2cccc(C)c2C)[C@H](c2cccc(Br)c2)NC(=S)N1. The van der Waals surface area contributed by atoms with Crippen molar-refractivity contribution in [2.75, 3.05) is 5.32 Å². The molecule has 0 spiro atoms. The maximum absolute atomic E-state index is 13.1. The number of anilines is 1. The monoisotopic (exact) mass is 429 g/mol. The molecule has 3 N–H and O–H groups in total. The minimum absolute atomic E-state index is 0.149. The molecule has 0 saturated heterocycles. The van der Waals surface area contributed by atoms with Gasteiger partial charge in [0, 0.05) is 15.9 Å². The number of rotatable bonds is 3. The summed E-state index contributed by atoms with van der Waals surface area (Å²) in [6.45, 7) is 5.91. The van der Waals surface area contributed by atoms with E-state index in [1.54, 1.807) is 0 Å². The van der Waals surface area contributed by atoms with Gasteiger partial charge in [-0.3, -0.25) is 4.79 Å². The molecular formula is C20H20BrN3OS. The minimum atomic E-state index is -0.314. The van der Waals surface area contributed by atoms with Crippen molar-refractivity contribution in [2.24, 2.45) is 0 Å². The Balaban J connectivity index is 1.98. The second kappa shape index (κ2) is 7.60. The standard InChI is InChI=1S/C20H20BrN3OS/c1-11-6-4-9-16(12(11)2)23-19(25)17-13(3)22-20(26)24-18(17)14-7-5-8-15(21)10-14/h4-10,18H,1-3H3,(H,23,25)(H2,22,24,26)/t18-/m0/s1. The average Bonchev–Trinajstić information content (AvgIpc) is 2.58. The fourth-order valence-electron chi connectivity index (χ4n) is 3.01. The molecule has 0 bridgehead atoms. The number of aryl methyl sites for hydroxylation is 1. The molecule has 0 saturated carbocycles. The molecule has 2 aromatic carbocycles. The summed E-state index contributed by atoms with van der Waals surface area (Å²) in [4.78, 5) is 13.1. The van der Waals surface area contributed by atoms with Crippen LogP contribution in [0, 0.1) is 13.8 Å². The van der Waals surface area contributed by atoms with Gasteiger partial charge in [-0.25, -0.2) is 0 Å². The fourth-order valence-corrected chi connectivity index (χ4v) is 3.70. The van der Waals surface area contributed by atoms with Crippen molar-refractivity contribution in [3.63, 3.8) is 0 Å². The van der Waals surface area contributed by atoms with E-state index in [-0.39, 0.29) is 11.9 Å². The molecule has 0 aromatic heterocycles. The lowest BCUT2D eigenvalue weighted by atomic mass is 9.95. The first kappa shape index (κ1) is 18.6. The van der Waals surface area contributed by atoms with Gasteiger partial charge < -0.3 is 16.0 Å². The van der Waals surface area contributed by atoms with Gasteiger partial charge in [0.1, 0.15) is 0 Å². The zero-order valence-electron chi connectivity index (χ0n) is 14.8. The van der Waals surface area contributed by atoms with Gasteiger partial charge in [0.05, 0.1) is 11.6 Å². The Hall–Kier alpha value is -2.18. The van der Waals surface area contributed by atoms with Gasteiger partial charge in [-0.2, -0.15) is 0 Å². The van der Waals surface area contributed by atoms with Gasteiger partial charge in [-0.15, -0.1) is 0 Å². The predicted octanol–water partition coefficient (Wildman–Crippen LogP) is 4.50. The number of benzene rings is 2. The molecule has 1 aliphatic rings. The molecule has 0 aliphatic carbocycles. The number of hydrogen-bond donors (Lipinski definition) is 3. The Morgan fingerprint density at radius 1 is 1.15 bits per heavy atom. The Morgan fingerprint density at radius 3 is 2.62 bits per heavy atom. The summed E-state index contributed by atoms with van der Waals surface area (Å²) < 4.78 is 0.952. The zero-order chi connectivity index (χ0) is 18.8. The quantitative estimate of drug-likeness (QED) is 0.628. The van der Waals surface area contributed by atoms with Crippen LogP contribution in [0.3, 0.4) is 0 Å². The lowest BCUT2D eigenvalue weighted by Gasteiger charge is -2.30. The molecule has 4 nitrogen and oxygen atoms in total. The molecule has 0 radical (unpaired) electrons. The molecule has 26 heavy (non-hydrogen) atoms. The number of carbonyl (C=O) groups excluding carboxylic acids is 1. The van der Waals surface area contributed by atoms with Crippen molar-refractivity contribution in [3.8, 4) is 0 Å². The summed E-state index contributed by atoms with van der Waals surface area (Å²) in [7, 11) is 0. The first-order valence-corrected chi connectivity index (χ1v) is 9.48. The van der Waals surface area contributed by atoms with Gasteiger partial charge >= 0.3 is 0 Å². The van der Waals surface area contributed by atoms with Crippen LogP contribution in [0.5, 0.6) is 0 Å². The summed E-state index contributed by atoms with van der Waals surface area (Å²) in [5, 5.41) is 9.84. The highest BCUT2D eigenvalue weighted by Crippen LogP contribution is 2.30. The van der Waals surface area contributed by atoms with Crippen LogP contribution in [0.2, 0.25) is 0 Å². The predicted molar refractivity (Wildman–Crippen MR) is 113 cm³/mol. The molecule has 1 aliphatic heterocycles. The number of nitrogens with one attached hydrogen (secondary N) is 3. The third-order valence-electron chi connectivity index (χ3n) is 4.55. The van der Waals surface area contributed by atoms with Crippen LogP contribution in [0.25, 0.3) is 0 Å². The van der Waals surface area contributed by atoms with E-state index in [2.05, 4.69) is 31.9 Å². The van der Waals surface area contributed by atoms with Crippen molar-refractivity contribution in [2.45, 2.75) is 26.8 Å².